The van der Waals surface area contributed by atoms with Gasteiger partial charge >= 0.3 is 5.97 Å². The van der Waals surface area contributed by atoms with E-state index in [0.717, 1.165) is 36.5 Å². The van der Waals surface area contributed by atoms with Gasteiger partial charge in [0.25, 0.3) is 0 Å². The highest BCUT2D eigenvalue weighted by atomic mass is 16.5. The summed E-state index contributed by atoms with van der Waals surface area (Å²) in [7, 11) is 0. The molecule has 0 radical (unpaired) electrons. The fourth-order valence-electron chi connectivity index (χ4n) is 4.12. The Kier molecular flexibility index (Phi) is 5.16. The molecule has 3 aromatic carbocycles. The maximum absolute atomic E-state index is 12.9. The zero-order chi connectivity index (χ0) is 21.2. The Balaban J connectivity index is 1.38. The lowest BCUT2D eigenvalue weighted by Gasteiger charge is -2.19. The molecule has 4 aromatic rings. The molecule has 0 atom stereocenters. The van der Waals surface area contributed by atoms with Crippen LogP contribution in [0.3, 0.4) is 0 Å². The van der Waals surface area contributed by atoms with Crippen molar-refractivity contribution < 1.29 is 18.7 Å². The molecule has 1 aromatic heterocycles. The molecule has 0 spiro atoms. The molecule has 0 unspecified atom stereocenters. The predicted octanol–water partition coefficient (Wildman–Crippen LogP) is 6.22. The first-order chi connectivity index (χ1) is 15.2. The number of hydrogen-bond donors (Lipinski definition) is 0. The largest absolute Gasteiger partial charge is 0.460 e. The summed E-state index contributed by atoms with van der Waals surface area (Å²) in [6.45, 7) is 0. The number of ether oxygens (including phenoxy) is 2. The number of rotatable bonds is 4. The molecule has 156 valence electrons. The average Bonchev–Trinajstić information content (AvgIpc) is 2.81. The van der Waals surface area contributed by atoms with Crippen molar-refractivity contribution in [1.82, 2.24) is 0 Å². The van der Waals surface area contributed by atoms with Crippen molar-refractivity contribution in [2.24, 2.45) is 5.92 Å². The number of hydrogen-bond acceptors (Lipinski definition) is 5. The van der Waals surface area contributed by atoms with E-state index in [-0.39, 0.29) is 23.1 Å². The number of carbonyl (C=O) groups is 1. The van der Waals surface area contributed by atoms with Crippen molar-refractivity contribution in [3.8, 4) is 17.2 Å². The lowest BCUT2D eigenvalue weighted by atomic mass is 9.89. The summed E-state index contributed by atoms with van der Waals surface area (Å²) in [5.74, 6) is 0.791. The molecule has 0 bridgehead atoms. The Labute approximate surface area is 179 Å². The van der Waals surface area contributed by atoms with E-state index < -0.39 is 0 Å². The third-order valence-electron chi connectivity index (χ3n) is 5.82. The molecule has 0 amide bonds. The van der Waals surface area contributed by atoms with Crippen LogP contribution in [-0.4, -0.2) is 5.97 Å². The van der Waals surface area contributed by atoms with Crippen LogP contribution in [0.4, 0.5) is 0 Å². The Bertz CT molecular complexity index is 1310. The highest BCUT2D eigenvalue weighted by molar-refractivity contribution is 5.84. The Morgan fingerprint density at radius 3 is 2.48 bits per heavy atom. The lowest BCUT2D eigenvalue weighted by molar-refractivity contribution is -0.139. The van der Waals surface area contributed by atoms with Gasteiger partial charge in [-0.05, 0) is 47.9 Å². The minimum absolute atomic E-state index is 0.0471. The van der Waals surface area contributed by atoms with Gasteiger partial charge in [0.1, 0.15) is 23.3 Å². The monoisotopic (exact) mass is 414 g/mol. The first-order valence-corrected chi connectivity index (χ1v) is 10.6. The minimum Gasteiger partial charge on any atom is -0.460 e. The summed E-state index contributed by atoms with van der Waals surface area (Å²) in [5, 5.41) is 2.49. The van der Waals surface area contributed by atoms with E-state index in [1.807, 2.05) is 42.5 Å². The summed E-state index contributed by atoms with van der Waals surface area (Å²) in [4.78, 5) is 25.3. The van der Waals surface area contributed by atoms with Crippen molar-refractivity contribution in [1.29, 1.82) is 0 Å². The van der Waals surface area contributed by atoms with Crippen LogP contribution in [-0.2, 0) is 4.79 Å². The van der Waals surface area contributed by atoms with Crippen molar-refractivity contribution in [3.05, 3.63) is 77.2 Å². The molecule has 5 nitrogen and oxygen atoms in total. The maximum Gasteiger partial charge on any atom is 0.314 e. The fraction of sp³-hybridized carbons (Fsp3) is 0.231. The van der Waals surface area contributed by atoms with E-state index >= 15 is 0 Å². The average molecular weight is 414 g/mol. The smallest absolute Gasteiger partial charge is 0.314 e. The summed E-state index contributed by atoms with van der Waals surface area (Å²) < 4.78 is 17.0. The molecule has 0 N–H and O–H groups in total. The summed E-state index contributed by atoms with van der Waals surface area (Å²) in [5.41, 5.74) is 0.0735. The van der Waals surface area contributed by atoms with Crippen LogP contribution in [0, 0.1) is 5.92 Å². The van der Waals surface area contributed by atoms with Gasteiger partial charge in [0.2, 0.25) is 11.2 Å². The van der Waals surface area contributed by atoms with E-state index in [4.69, 9.17) is 13.9 Å². The molecule has 1 saturated carbocycles. The van der Waals surface area contributed by atoms with Crippen LogP contribution >= 0.6 is 0 Å². The van der Waals surface area contributed by atoms with Crippen LogP contribution in [0.25, 0.3) is 21.7 Å². The van der Waals surface area contributed by atoms with Crippen molar-refractivity contribution in [3.63, 3.8) is 0 Å². The Hall–Kier alpha value is -3.60. The first kappa shape index (κ1) is 19.4. The molecule has 0 saturated heterocycles. The first-order valence-electron chi connectivity index (χ1n) is 10.6. The molecule has 0 aliphatic heterocycles. The molecule has 1 fully saturated rings. The Morgan fingerprint density at radius 2 is 1.65 bits per heavy atom. The molecular formula is C26H22O5. The van der Waals surface area contributed by atoms with E-state index in [2.05, 4.69) is 0 Å². The highest BCUT2D eigenvalue weighted by Gasteiger charge is 2.23. The van der Waals surface area contributed by atoms with Crippen LogP contribution in [0.1, 0.15) is 32.1 Å². The predicted molar refractivity (Wildman–Crippen MR) is 119 cm³/mol. The van der Waals surface area contributed by atoms with Crippen LogP contribution in [0.5, 0.6) is 17.2 Å². The zero-order valence-electron chi connectivity index (χ0n) is 17.0. The molecule has 1 aliphatic rings. The third kappa shape index (κ3) is 4.04. The SMILES string of the molecule is O=C(Oc1ccc2c(=O)c(Oc3ccc4ccccc4c3)coc2c1)C1CCCCC1. The number of carbonyl (C=O) groups excluding carboxylic acids is 1. The van der Waals surface area contributed by atoms with Gasteiger partial charge in [0, 0.05) is 6.07 Å². The van der Waals surface area contributed by atoms with E-state index in [1.54, 1.807) is 18.2 Å². The summed E-state index contributed by atoms with van der Waals surface area (Å²) >= 11 is 0. The van der Waals surface area contributed by atoms with E-state index in [9.17, 15) is 9.59 Å². The zero-order valence-corrected chi connectivity index (χ0v) is 17.0. The quantitative estimate of drug-likeness (QED) is 0.293. The van der Waals surface area contributed by atoms with Gasteiger partial charge in [-0.15, -0.1) is 0 Å². The lowest BCUT2D eigenvalue weighted by Crippen LogP contribution is -2.22. The van der Waals surface area contributed by atoms with Crippen LogP contribution in [0.2, 0.25) is 0 Å². The standard InChI is InChI=1S/C26H22O5/c27-25-22-13-12-21(31-26(28)18-7-2-1-3-8-18)15-23(22)29-16-24(25)30-20-11-10-17-6-4-5-9-19(17)14-20/h4-6,9-16,18H,1-3,7-8H2. The van der Waals surface area contributed by atoms with Gasteiger partial charge in [0.05, 0.1) is 11.3 Å². The number of esters is 1. The highest BCUT2D eigenvalue weighted by Crippen LogP contribution is 2.28. The van der Waals surface area contributed by atoms with Gasteiger partial charge in [-0.2, -0.15) is 0 Å². The van der Waals surface area contributed by atoms with Crippen molar-refractivity contribution in [2.75, 3.05) is 0 Å². The van der Waals surface area contributed by atoms with Gasteiger partial charge in [-0.1, -0.05) is 49.6 Å². The minimum atomic E-state index is -0.278. The molecule has 1 aliphatic carbocycles. The van der Waals surface area contributed by atoms with E-state index in [1.165, 1.54) is 12.7 Å². The van der Waals surface area contributed by atoms with Crippen molar-refractivity contribution >= 4 is 27.7 Å². The normalized spacial score (nSPS) is 14.6. The van der Waals surface area contributed by atoms with E-state index in [0.29, 0.717) is 22.5 Å². The molecule has 5 rings (SSSR count). The van der Waals surface area contributed by atoms with Gasteiger partial charge in [0.15, 0.2) is 0 Å². The second-order valence-corrected chi connectivity index (χ2v) is 7.95. The maximum atomic E-state index is 12.9. The van der Waals surface area contributed by atoms with Gasteiger partial charge < -0.3 is 13.9 Å². The van der Waals surface area contributed by atoms with Crippen LogP contribution < -0.4 is 14.9 Å². The van der Waals surface area contributed by atoms with Gasteiger partial charge in [-0.25, -0.2) is 0 Å². The fourth-order valence-corrected chi connectivity index (χ4v) is 4.12. The van der Waals surface area contributed by atoms with Crippen LogP contribution in [0.15, 0.2) is 76.1 Å². The molecule has 31 heavy (non-hydrogen) atoms. The van der Waals surface area contributed by atoms with Gasteiger partial charge in [-0.3, -0.25) is 9.59 Å². The Morgan fingerprint density at radius 1 is 0.871 bits per heavy atom. The second-order valence-electron chi connectivity index (χ2n) is 7.95. The summed E-state index contributed by atoms with van der Waals surface area (Å²) in [6, 6.07) is 18.4. The topological polar surface area (TPSA) is 65.7 Å². The second kappa shape index (κ2) is 8.26. The molecule has 5 heteroatoms. The van der Waals surface area contributed by atoms with Crippen molar-refractivity contribution in [2.45, 2.75) is 32.1 Å². The molecular weight excluding hydrogens is 392 g/mol. The summed E-state index contributed by atoms with van der Waals surface area (Å²) in [6.07, 6.45) is 6.34. The third-order valence-corrected chi connectivity index (χ3v) is 5.82. The number of fused-ring (bicyclic) bond motifs is 2. The molecule has 1 heterocycles. The number of benzene rings is 3.